The van der Waals surface area contributed by atoms with E-state index < -0.39 is 6.10 Å². The van der Waals surface area contributed by atoms with E-state index >= 15 is 0 Å². The average Bonchev–Trinajstić information content (AvgIpc) is 3.44. The van der Waals surface area contributed by atoms with Gasteiger partial charge in [-0.2, -0.15) is 0 Å². The zero-order valence-corrected chi connectivity index (χ0v) is 18.4. The summed E-state index contributed by atoms with van der Waals surface area (Å²) in [5.41, 5.74) is 2.91. The van der Waals surface area contributed by atoms with Crippen molar-refractivity contribution in [3.63, 3.8) is 0 Å². The Hall–Kier alpha value is -2.97. The molecule has 1 N–H and O–H groups in total. The van der Waals surface area contributed by atoms with Crippen LogP contribution in [0, 0.1) is 12.7 Å². The molecule has 0 saturated carbocycles. The minimum Gasteiger partial charge on any atom is -0.485 e. The fourth-order valence-corrected chi connectivity index (χ4v) is 4.95. The van der Waals surface area contributed by atoms with E-state index in [1.54, 1.807) is 23.1 Å². The number of likely N-dealkylation sites (tertiary alicyclic amines) is 1. The SMILES string of the molecule is Cc1ccc(F)cc1C1CCc2cc(Oc3ncc(C(=O)N4CC[C@@H](O)C4)s3)ccc2O1. The molecular formula is C24H23FN2O4S. The van der Waals surface area contributed by atoms with Crippen molar-refractivity contribution in [2.24, 2.45) is 0 Å². The number of halogens is 1. The lowest BCUT2D eigenvalue weighted by Gasteiger charge is -2.27. The summed E-state index contributed by atoms with van der Waals surface area (Å²) in [5, 5.41) is 10.0. The van der Waals surface area contributed by atoms with Gasteiger partial charge in [-0.15, -0.1) is 0 Å². The highest BCUT2D eigenvalue weighted by Gasteiger charge is 2.27. The highest BCUT2D eigenvalue weighted by Crippen LogP contribution is 2.39. The molecule has 2 aliphatic rings. The summed E-state index contributed by atoms with van der Waals surface area (Å²) in [5.74, 6) is 0.995. The van der Waals surface area contributed by atoms with Crippen molar-refractivity contribution < 1.29 is 23.8 Å². The fourth-order valence-electron chi connectivity index (χ4n) is 4.19. The molecule has 2 aromatic carbocycles. The zero-order chi connectivity index (χ0) is 22.2. The number of aliphatic hydroxyl groups is 1. The number of rotatable bonds is 4. The lowest BCUT2D eigenvalue weighted by Crippen LogP contribution is -2.28. The van der Waals surface area contributed by atoms with Crippen molar-refractivity contribution in [2.75, 3.05) is 13.1 Å². The number of fused-ring (bicyclic) bond motifs is 1. The smallest absolute Gasteiger partial charge is 0.279 e. The van der Waals surface area contributed by atoms with Gasteiger partial charge in [0.2, 0.25) is 0 Å². The third-order valence-electron chi connectivity index (χ3n) is 5.92. The number of aromatic nitrogens is 1. The van der Waals surface area contributed by atoms with Crippen LogP contribution in [0.3, 0.4) is 0 Å². The number of nitrogens with zero attached hydrogens (tertiary/aromatic N) is 2. The number of hydrogen-bond donors (Lipinski definition) is 1. The van der Waals surface area contributed by atoms with Crippen molar-refractivity contribution >= 4 is 17.2 Å². The van der Waals surface area contributed by atoms with Crippen LogP contribution in [-0.4, -0.2) is 40.1 Å². The first-order valence-corrected chi connectivity index (χ1v) is 11.4. The highest BCUT2D eigenvalue weighted by molar-refractivity contribution is 7.15. The first-order valence-electron chi connectivity index (χ1n) is 10.6. The molecule has 32 heavy (non-hydrogen) atoms. The number of carbonyl (C=O) groups is 1. The van der Waals surface area contributed by atoms with Crippen molar-refractivity contribution in [3.05, 3.63) is 70.0 Å². The van der Waals surface area contributed by atoms with Crippen molar-refractivity contribution in [1.29, 1.82) is 0 Å². The average molecular weight is 455 g/mol. The van der Waals surface area contributed by atoms with Gasteiger partial charge in [-0.1, -0.05) is 17.4 Å². The molecule has 5 rings (SSSR count). The summed E-state index contributed by atoms with van der Waals surface area (Å²) in [6.07, 6.45) is 3.02. The van der Waals surface area contributed by atoms with Crippen LogP contribution in [0.5, 0.6) is 16.7 Å². The second-order valence-electron chi connectivity index (χ2n) is 8.20. The van der Waals surface area contributed by atoms with Crippen LogP contribution < -0.4 is 9.47 Å². The van der Waals surface area contributed by atoms with E-state index in [0.29, 0.717) is 35.3 Å². The molecule has 0 aliphatic carbocycles. The minimum absolute atomic E-state index is 0.133. The molecule has 1 unspecified atom stereocenters. The van der Waals surface area contributed by atoms with Gasteiger partial charge >= 0.3 is 0 Å². The van der Waals surface area contributed by atoms with E-state index in [9.17, 15) is 14.3 Å². The summed E-state index contributed by atoms with van der Waals surface area (Å²) in [7, 11) is 0. The number of aliphatic hydroxyl groups excluding tert-OH is 1. The molecule has 6 nitrogen and oxygen atoms in total. The van der Waals surface area contributed by atoms with Crippen molar-refractivity contribution in [1.82, 2.24) is 9.88 Å². The number of amides is 1. The lowest BCUT2D eigenvalue weighted by atomic mass is 9.94. The van der Waals surface area contributed by atoms with Gasteiger partial charge in [0, 0.05) is 13.1 Å². The lowest BCUT2D eigenvalue weighted by molar-refractivity contribution is 0.0769. The first kappa shape index (κ1) is 20.9. The van der Waals surface area contributed by atoms with Crippen LogP contribution in [0.25, 0.3) is 0 Å². The molecule has 2 aliphatic heterocycles. The van der Waals surface area contributed by atoms with Crippen LogP contribution in [0.15, 0.2) is 42.6 Å². The van der Waals surface area contributed by atoms with Crippen LogP contribution in [0.1, 0.15) is 45.3 Å². The number of hydrogen-bond acceptors (Lipinski definition) is 6. The van der Waals surface area contributed by atoms with E-state index in [4.69, 9.17) is 9.47 Å². The standard InChI is InChI=1S/C24H23FN2O4S/c1-14-2-4-16(25)11-19(14)21-6-3-15-10-18(5-7-20(15)31-21)30-24-26-12-22(32-24)23(29)27-9-8-17(28)13-27/h2,4-5,7,10-12,17,21,28H,3,6,8-9,13H2,1H3/t17-,21?/m1/s1. The molecule has 1 fully saturated rings. The van der Waals surface area contributed by atoms with Crippen LogP contribution in [0.2, 0.25) is 0 Å². The van der Waals surface area contributed by atoms with Gasteiger partial charge in [0.25, 0.3) is 11.1 Å². The molecular weight excluding hydrogens is 431 g/mol. The van der Waals surface area contributed by atoms with Gasteiger partial charge in [0.1, 0.15) is 28.3 Å². The number of thiazole rings is 1. The second-order valence-corrected chi connectivity index (χ2v) is 9.19. The molecule has 1 aromatic heterocycles. The summed E-state index contributed by atoms with van der Waals surface area (Å²) in [4.78, 5) is 18.9. The van der Waals surface area contributed by atoms with Gasteiger partial charge in [-0.3, -0.25) is 4.79 Å². The summed E-state index contributed by atoms with van der Waals surface area (Å²) >= 11 is 1.19. The Bertz CT molecular complexity index is 1160. The Balaban J connectivity index is 1.27. The minimum atomic E-state index is -0.454. The molecule has 0 radical (unpaired) electrons. The third-order valence-corrected chi connectivity index (χ3v) is 6.78. The number of aryl methyl sites for hydroxylation is 2. The Morgan fingerprint density at radius 3 is 2.97 bits per heavy atom. The zero-order valence-electron chi connectivity index (χ0n) is 17.6. The number of carbonyl (C=O) groups excluding carboxylic acids is 1. The molecule has 8 heteroatoms. The van der Waals surface area contributed by atoms with Gasteiger partial charge in [0.05, 0.1) is 12.3 Å². The van der Waals surface area contributed by atoms with E-state index in [1.165, 1.54) is 23.6 Å². The molecule has 1 saturated heterocycles. The molecule has 3 heterocycles. The van der Waals surface area contributed by atoms with E-state index in [0.717, 1.165) is 35.3 Å². The van der Waals surface area contributed by atoms with E-state index in [1.807, 2.05) is 19.1 Å². The second kappa shape index (κ2) is 8.52. The molecule has 0 bridgehead atoms. The van der Waals surface area contributed by atoms with Gasteiger partial charge in [0.15, 0.2) is 0 Å². The van der Waals surface area contributed by atoms with Crippen molar-refractivity contribution in [3.8, 4) is 16.7 Å². The van der Waals surface area contributed by atoms with Crippen LogP contribution in [0.4, 0.5) is 4.39 Å². The van der Waals surface area contributed by atoms with Gasteiger partial charge in [-0.05, 0) is 73.2 Å². The summed E-state index contributed by atoms with van der Waals surface area (Å²) < 4.78 is 25.7. The highest BCUT2D eigenvalue weighted by atomic mass is 32.1. The Morgan fingerprint density at radius 1 is 1.28 bits per heavy atom. The Morgan fingerprint density at radius 2 is 2.16 bits per heavy atom. The molecule has 0 spiro atoms. The maximum absolute atomic E-state index is 13.7. The quantitative estimate of drug-likeness (QED) is 0.621. The first-order chi connectivity index (χ1) is 15.5. The summed E-state index contributed by atoms with van der Waals surface area (Å²) in [6.45, 7) is 2.87. The number of β-amino-alcohol motifs (C(OH)–C–C–N with tert-alkyl or cyclic N) is 1. The van der Waals surface area contributed by atoms with Crippen LogP contribution >= 0.6 is 11.3 Å². The largest absolute Gasteiger partial charge is 0.485 e. The van der Waals surface area contributed by atoms with Crippen molar-refractivity contribution in [2.45, 2.75) is 38.4 Å². The topological polar surface area (TPSA) is 71.9 Å². The normalized spacial score (nSPS) is 20.0. The third kappa shape index (κ3) is 4.20. The van der Waals surface area contributed by atoms with E-state index in [-0.39, 0.29) is 17.8 Å². The van der Waals surface area contributed by atoms with Crippen LogP contribution in [-0.2, 0) is 6.42 Å². The van der Waals surface area contributed by atoms with Gasteiger partial charge in [-0.25, -0.2) is 9.37 Å². The molecule has 1 amide bonds. The predicted molar refractivity (Wildman–Crippen MR) is 118 cm³/mol. The Kier molecular flexibility index (Phi) is 5.57. The number of ether oxygens (including phenoxy) is 2. The fraction of sp³-hybridized carbons (Fsp3) is 0.333. The maximum atomic E-state index is 13.7. The maximum Gasteiger partial charge on any atom is 0.279 e. The van der Waals surface area contributed by atoms with E-state index in [2.05, 4.69) is 4.98 Å². The molecule has 2 atom stereocenters. The monoisotopic (exact) mass is 454 g/mol. The Labute approximate surface area is 189 Å². The molecule has 166 valence electrons. The summed E-state index contributed by atoms with van der Waals surface area (Å²) in [6, 6.07) is 10.4. The van der Waals surface area contributed by atoms with Gasteiger partial charge < -0.3 is 19.5 Å². The molecule has 3 aromatic rings. The predicted octanol–water partition coefficient (Wildman–Crippen LogP) is 4.66. The number of benzene rings is 2.